The highest BCUT2D eigenvalue weighted by atomic mass is 16.2. The molecule has 1 saturated carbocycles. The minimum absolute atomic E-state index is 0.392. The van der Waals surface area contributed by atoms with E-state index in [-0.39, 0.29) is 0 Å². The van der Waals surface area contributed by atoms with E-state index < -0.39 is 23.9 Å². The van der Waals surface area contributed by atoms with Crippen molar-refractivity contribution in [3.8, 4) is 0 Å². The Morgan fingerprint density at radius 2 is 1.05 bits per heavy atom. The molecular formula is C12H27N5O2. The van der Waals surface area contributed by atoms with Crippen LogP contribution in [0.25, 0.3) is 0 Å². The van der Waals surface area contributed by atoms with Crippen LogP contribution < -0.4 is 27.9 Å². The number of nitrogens with one attached hydrogen (secondary N) is 3. The van der Waals surface area contributed by atoms with Crippen molar-refractivity contribution >= 4 is 11.8 Å². The third-order valence-electron chi connectivity index (χ3n) is 3.07. The third-order valence-corrected chi connectivity index (χ3v) is 3.07. The molecule has 0 bridgehead atoms. The molecule has 2 atom stereocenters. The molecule has 0 heterocycles. The molecule has 0 radical (unpaired) electrons. The van der Waals surface area contributed by atoms with Crippen LogP contribution in [0.1, 0.15) is 52.4 Å². The molecule has 7 heteroatoms. The van der Waals surface area contributed by atoms with Gasteiger partial charge in [-0.05, 0) is 13.8 Å². The van der Waals surface area contributed by atoms with E-state index in [1.54, 1.807) is 13.8 Å². The lowest BCUT2D eigenvalue weighted by atomic mass is 10.0. The van der Waals surface area contributed by atoms with E-state index in [9.17, 15) is 9.59 Å². The molecule has 7 nitrogen and oxygen atoms in total. The first-order valence-electron chi connectivity index (χ1n) is 6.79. The van der Waals surface area contributed by atoms with Crippen LogP contribution in [0, 0.1) is 0 Å². The molecule has 0 aromatic heterocycles. The summed E-state index contributed by atoms with van der Waals surface area (Å²) in [7, 11) is 0. The van der Waals surface area contributed by atoms with E-state index in [1.165, 1.54) is 38.5 Å². The zero-order valence-corrected chi connectivity index (χ0v) is 11.9. The van der Waals surface area contributed by atoms with Crippen molar-refractivity contribution in [2.45, 2.75) is 64.5 Å². The van der Waals surface area contributed by atoms with Crippen LogP contribution in [-0.2, 0) is 9.59 Å². The van der Waals surface area contributed by atoms with Crippen LogP contribution in [0.2, 0.25) is 0 Å². The molecule has 0 saturated heterocycles. The van der Waals surface area contributed by atoms with E-state index in [2.05, 4.69) is 5.32 Å². The maximum Gasteiger partial charge on any atom is 0.250 e. The van der Waals surface area contributed by atoms with Crippen molar-refractivity contribution in [1.29, 1.82) is 0 Å². The molecule has 1 fully saturated rings. The smallest absolute Gasteiger partial charge is 0.250 e. The molecular weight excluding hydrogens is 246 g/mol. The van der Waals surface area contributed by atoms with E-state index in [0.29, 0.717) is 0 Å². The Bertz CT molecular complexity index is 237. The minimum Gasteiger partial charge on any atom is -0.295 e. The van der Waals surface area contributed by atoms with Gasteiger partial charge in [-0.3, -0.25) is 25.8 Å². The van der Waals surface area contributed by atoms with Crippen LogP contribution in [0.5, 0.6) is 0 Å². The van der Waals surface area contributed by atoms with Gasteiger partial charge in [0.05, 0.1) is 12.1 Å². The van der Waals surface area contributed by atoms with Crippen molar-refractivity contribution in [2.24, 2.45) is 11.7 Å². The summed E-state index contributed by atoms with van der Waals surface area (Å²) in [5, 5.41) is 2.70. The largest absolute Gasteiger partial charge is 0.295 e. The van der Waals surface area contributed by atoms with Gasteiger partial charge in [0.1, 0.15) is 0 Å². The summed E-state index contributed by atoms with van der Waals surface area (Å²) in [5.74, 6) is 9.00. The van der Waals surface area contributed by atoms with Crippen LogP contribution in [0.15, 0.2) is 0 Å². The standard InChI is InChI=1S/C6H15N5O2.C6H12/c1-3(5(12)10-7)9-4(2)6(13)11-8;1-2-4-6-5-3-1/h3-4,9H,7-8H2,1-2H3,(H,10,12)(H,11,13);1-6H2. The number of hydrazine groups is 2. The van der Waals surface area contributed by atoms with E-state index in [1.807, 2.05) is 10.9 Å². The molecule has 0 aromatic carbocycles. The molecule has 0 aromatic rings. The van der Waals surface area contributed by atoms with Crippen molar-refractivity contribution in [3.05, 3.63) is 0 Å². The summed E-state index contributed by atoms with van der Waals surface area (Å²) in [6.45, 7) is 3.17. The molecule has 0 spiro atoms. The Kier molecular flexibility index (Phi) is 10.1. The second kappa shape index (κ2) is 10.7. The monoisotopic (exact) mass is 273 g/mol. The summed E-state index contributed by atoms with van der Waals surface area (Å²) >= 11 is 0. The number of nitrogens with two attached hydrogens (primary N) is 2. The lowest BCUT2D eigenvalue weighted by Gasteiger charge is -2.16. The van der Waals surface area contributed by atoms with Gasteiger partial charge >= 0.3 is 0 Å². The van der Waals surface area contributed by atoms with Gasteiger partial charge in [-0.1, -0.05) is 38.5 Å². The fraction of sp³-hybridized carbons (Fsp3) is 0.833. The Labute approximate surface area is 114 Å². The van der Waals surface area contributed by atoms with Crippen molar-refractivity contribution in [3.63, 3.8) is 0 Å². The zero-order valence-electron chi connectivity index (χ0n) is 11.9. The van der Waals surface area contributed by atoms with Crippen molar-refractivity contribution < 1.29 is 9.59 Å². The van der Waals surface area contributed by atoms with Gasteiger partial charge in [0.25, 0.3) is 11.8 Å². The Morgan fingerprint density at radius 3 is 1.26 bits per heavy atom. The molecule has 1 aliphatic carbocycles. The molecule has 1 rings (SSSR count). The summed E-state index contributed by atoms with van der Waals surface area (Å²) in [6, 6.07) is -1.09. The van der Waals surface area contributed by atoms with Gasteiger partial charge in [-0.2, -0.15) is 0 Å². The highest BCUT2D eigenvalue weighted by molar-refractivity contribution is 5.84. The highest BCUT2D eigenvalue weighted by Gasteiger charge is 2.17. The maximum atomic E-state index is 10.9. The number of rotatable bonds is 4. The third kappa shape index (κ3) is 8.52. The highest BCUT2D eigenvalue weighted by Crippen LogP contribution is 2.15. The lowest BCUT2D eigenvalue weighted by Crippen LogP contribution is -2.53. The molecule has 1 aliphatic rings. The quantitative estimate of drug-likeness (QED) is 0.273. The number of hydrogen-bond donors (Lipinski definition) is 5. The first-order valence-corrected chi connectivity index (χ1v) is 6.79. The van der Waals surface area contributed by atoms with Crippen LogP contribution >= 0.6 is 0 Å². The molecule has 7 N–H and O–H groups in total. The van der Waals surface area contributed by atoms with Gasteiger partial charge in [0.15, 0.2) is 0 Å². The number of hydrogen-bond acceptors (Lipinski definition) is 5. The fourth-order valence-electron chi connectivity index (χ4n) is 1.84. The fourth-order valence-corrected chi connectivity index (χ4v) is 1.84. The van der Waals surface area contributed by atoms with E-state index in [4.69, 9.17) is 11.7 Å². The first-order chi connectivity index (χ1) is 9.02. The first kappa shape index (κ1) is 17.8. The predicted molar refractivity (Wildman–Crippen MR) is 74.4 cm³/mol. The van der Waals surface area contributed by atoms with Gasteiger partial charge in [-0.15, -0.1) is 0 Å². The van der Waals surface area contributed by atoms with Gasteiger partial charge < -0.3 is 0 Å². The van der Waals surface area contributed by atoms with Gasteiger partial charge in [0.2, 0.25) is 0 Å². The summed E-state index contributed by atoms with van der Waals surface area (Å²) in [5.41, 5.74) is 3.93. The van der Waals surface area contributed by atoms with Crippen LogP contribution in [-0.4, -0.2) is 23.9 Å². The normalized spacial score (nSPS) is 17.5. The second-order valence-electron chi connectivity index (χ2n) is 4.75. The summed E-state index contributed by atoms with van der Waals surface area (Å²) in [6.07, 6.45) is 9.00. The van der Waals surface area contributed by atoms with Gasteiger partial charge in [0, 0.05) is 0 Å². The van der Waals surface area contributed by atoms with E-state index in [0.717, 1.165) is 0 Å². The Hall–Kier alpha value is -1.18. The molecule has 2 unspecified atom stereocenters. The molecule has 0 aliphatic heterocycles. The maximum absolute atomic E-state index is 10.9. The SMILES string of the molecule is C1CCCCC1.CC(NC(C)C(=O)NN)C(=O)NN. The van der Waals surface area contributed by atoms with Crippen molar-refractivity contribution in [1.82, 2.24) is 16.2 Å². The zero-order chi connectivity index (χ0) is 14.7. The minimum atomic E-state index is -0.544. The lowest BCUT2D eigenvalue weighted by molar-refractivity contribution is -0.125. The Balaban J connectivity index is 0.000000443. The topological polar surface area (TPSA) is 122 Å². The average Bonchev–Trinajstić information content (AvgIpc) is 2.47. The summed E-state index contributed by atoms with van der Waals surface area (Å²) in [4.78, 5) is 21.8. The second-order valence-corrected chi connectivity index (χ2v) is 4.75. The van der Waals surface area contributed by atoms with Crippen LogP contribution in [0.4, 0.5) is 0 Å². The number of carbonyl (C=O) groups excluding carboxylic acids is 2. The van der Waals surface area contributed by atoms with E-state index >= 15 is 0 Å². The summed E-state index contributed by atoms with van der Waals surface area (Å²) < 4.78 is 0. The predicted octanol–water partition coefficient (Wildman–Crippen LogP) is -0.327. The van der Waals surface area contributed by atoms with Gasteiger partial charge in [-0.25, -0.2) is 11.7 Å². The molecule has 2 amide bonds. The molecule has 19 heavy (non-hydrogen) atoms. The number of amides is 2. The van der Waals surface area contributed by atoms with Crippen LogP contribution in [0.3, 0.4) is 0 Å². The average molecular weight is 273 g/mol. The Morgan fingerprint density at radius 1 is 0.789 bits per heavy atom. The van der Waals surface area contributed by atoms with Crippen molar-refractivity contribution in [2.75, 3.05) is 0 Å². The molecule has 112 valence electrons. The number of carbonyl (C=O) groups is 2.